The standard InChI is InChI=1S/C14H22F3N3O2/c1-11(21)18-5-7-19(8-6-18)13(22)9-20(10-14(15,16)17)12-3-2-4-12/h12H,2-10H2,1H3. The largest absolute Gasteiger partial charge is 0.401 e. The van der Waals surface area contributed by atoms with E-state index in [0.29, 0.717) is 26.2 Å². The molecule has 22 heavy (non-hydrogen) atoms. The Hall–Kier alpha value is -1.31. The quantitative estimate of drug-likeness (QED) is 0.779. The summed E-state index contributed by atoms with van der Waals surface area (Å²) in [5.41, 5.74) is 0. The highest BCUT2D eigenvalue weighted by molar-refractivity contribution is 5.79. The molecular formula is C14H22F3N3O2. The van der Waals surface area contributed by atoms with Gasteiger partial charge in [-0.05, 0) is 12.8 Å². The Morgan fingerprint density at radius 3 is 2.05 bits per heavy atom. The maximum atomic E-state index is 12.6. The molecule has 0 aromatic carbocycles. The van der Waals surface area contributed by atoms with E-state index in [1.165, 1.54) is 11.8 Å². The lowest BCUT2D eigenvalue weighted by Gasteiger charge is -2.40. The molecule has 0 radical (unpaired) electrons. The van der Waals surface area contributed by atoms with Crippen LogP contribution in [-0.2, 0) is 9.59 Å². The Kier molecular flexibility index (Phi) is 5.31. The third-order valence-corrected chi connectivity index (χ3v) is 4.39. The van der Waals surface area contributed by atoms with Crippen molar-refractivity contribution in [2.75, 3.05) is 39.3 Å². The van der Waals surface area contributed by atoms with Gasteiger partial charge < -0.3 is 9.80 Å². The number of halogens is 3. The molecule has 0 aromatic heterocycles. The van der Waals surface area contributed by atoms with E-state index in [1.807, 2.05) is 0 Å². The van der Waals surface area contributed by atoms with Crippen molar-refractivity contribution in [2.45, 2.75) is 38.4 Å². The fourth-order valence-corrected chi connectivity index (χ4v) is 2.84. The highest BCUT2D eigenvalue weighted by Gasteiger charge is 2.37. The monoisotopic (exact) mass is 321 g/mol. The summed E-state index contributed by atoms with van der Waals surface area (Å²) >= 11 is 0. The van der Waals surface area contributed by atoms with E-state index < -0.39 is 12.7 Å². The van der Waals surface area contributed by atoms with Crippen LogP contribution < -0.4 is 0 Å². The SMILES string of the molecule is CC(=O)N1CCN(C(=O)CN(CC(F)(F)F)C2CCC2)CC1. The van der Waals surface area contributed by atoms with Gasteiger partial charge in [0.05, 0.1) is 13.1 Å². The summed E-state index contributed by atoms with van der Waals surface area (Å²) in [6.45, 7) is 1.93. The summed E-state index contributed by atoms with van der Waals surface area (Å²) in [7, 11) is 0. The summed E-state index contributed by atoms with van der Waals surface area (Å²) in [5, 5.41) is 0. The second-order valence-corrected chi connectivity index (χ2v) is 5.99. The van der Waals surface area contributed by atoms with Crippen LogP contribution in [0, 0.1) is 0 Å². The number of carbonyl (C=O) groups is 2. The zero-order valence-electron chi connectivity index (χ0n) is 12.7. The highest BCUT2D eigenvalue weighted by atomic mass is 19.4. The molecule has 2 amide bonds. The van der Waals surface area contributed by atoms with Crippen molar-refractivity contribution in [3.05, 3.63) is 0 Å². The molecule has 1 saturated carbocycles. The lowest BCUT2D eigenvalue weighted by molar-refractivity contribution is -0.160. The third-order valence-electron chi connectivity index (χ3n) is 4.39. The first-order chi connectivity index (χ1) is 10.3. The first kappa shape index (κ1) is 17.1. The molecule has 8 heteroatoms. The van der Waals surface area contributed by atoms with Gasteiger partial charge in [-0.25, -0.2) is 0 Å². The topological polar surface area (TPSA) is 43.9 Å². The predicted octanol–water partition coefficient (Wildman–Crippen LogP) is 1.09. The predicted molar refractivity (Wildman–Crippen MR) is 74.1 cm³/mol. The van der Waals surface area contributed by atoms with E-state index in [-0.39, 0.29) is 24.4 Å². The van der Waals surface area contributed by atoms with Crippen LogP contribution in [0.1, 0.15) is 26.2 Å². The van der Waals surface area contributed by atoms with Crippen molar-refractivity contribution in [2.24, 2.45) is 0 Å². The van der Waals surface area contributed by atoms with Crippen LogP contribution >= 0.6 is 0 Å². The van der Waals surface area contributed by atoms with Crippen LogP contribution in [0.5, 0.6) is 0 Å². The number of alkyl halides is 3. The fraction of sp³-hybridized carbons (Fsp3) is 0.857. The molecule has 1 heterocycles. The lowest BCUT2D eigenvalue weighted by Crippen LogP contribution is -2.54. The van der Waals surface area contributed by atoms with Gasteiger partial charge in [-0.2, -0.15) is 13.2 Å². The number of piperazine rings is 1. The van der Waals surface area contributed by atoms with Crippen molar-refractivity contribution < 1.29 is 22.8 Å². The first-order valence-electron chi connectivity index (χ1n) is 7.60. The molecule has 0 unspecified atom stereocenters. The molecule has 1 aliphatic carbocycles. The molecule has 0 atom stereocenters. The number of amides is 2. The van der Waals surface area contributed by atoms with Crippen LogP contribution in [0.15, 0.2) is 0 Å². The van der Waals surface area contributed by atoms with Gasteiger partial charge in [0, 0.05) is 39.1 Å². The van der Waals surface area contributed by atoms with E-state index in [9.17, 15) is 22.8 Å². The average molecular weight is 321 g/mol. The zero-order chi connectivity index (χ0) is 16.3. The van der Waals surface area contributed by atoms with Crippen LogP contribution in [0.3, 0.4) is 0 Å². The number of hydrogen-bond acceptors (Lipinski definition) is 3. The Morgan fingerprint density at radius 2 is 1.64 bits per heavy atom. The zero-order valence-corrected chi connectivity index (χ0v) is 12.7. The smallest absolute Gasteiger partial charge is 0.339 e. The van der Waals surface area contributed by atoms with Gasteiger partial charge in [0.1, 0.15) is 0 Å². The minimum absolute atomic E-state index is 0.0414. The molecule has 1 aliphatic heterocycles. The minimum Gasteiger partial charge on any atom is -0.339 e. The van der Waals surface area contributed by atoms with Gasteiger partial charge in [0.2, 0.25) is 11.8 Å². The molecular weight excluding hydrogens is 299 g/mol. The van der Waals surface area contributed by atoms with Crippen molar-refractivity contribution in [1.29, 1.82) is 0 Å². The fourth-order valence-electron chi connectivity index (χ4n) is 2.84. The van der Waals surface area contributed by atoms with Crippen LogP contribution in [0.2, 0.25) is 0 Å². The molecule has 2 rings (SSSR count). The van der Waals surface area contributed by atoms with Gasteiger partial charge in [0.15, 0.2) is 0 Å². The molecule has 2 fully saturated rings. The number of carbonyl (C=O) groups excluding carboxylic acids is 2. The summed E-state index contributed by atoms with van der Waals surface area (Å²) in [4.78, 5) is 27.9. The first-order valence-corrected chi connectivity index (χ1v) is 7.60. The molecule has 0 aromatic rings. The molecule has 126 valence electrons. The summed E-state index contributed by atoms with van der Waals surface area (Å²) in [6.07, 6.45) is -1.92. The van der Waals surface area contributed by atoms with Crippen molar-refractivity contribution in [3.8, 4) is 0 Å². The summed E-state index contributed by atoms with van der Waals surface area (Å²) in [6, 6.07) is -0.135. The Balaban J connectivity index is 1.87. The van der Waals surface area contributed by atoms with E-state index in [1.54, 1.807) is 9.80 Å². The third kappa shape index (κ3) is 4.59. The molecule has 1 saturated heterocycles. The highest BCUT2D eigenvalue weighted by Crippen LogP contribution is 2.28. The van der Waals surface area contributed by atoms with Gasteiger partial charge >= 0.3 is 6.18 Å². The number of nitrogens with zero attached hydrogens (tertiary/aromatic N) is 3. The van der Waals surface area contributed by atoms with Gasteiger partial charge in [-0.15, -0.1) is 0 Å². The van der Waals surface area contributed by atoms with Gasteiger partial charge in [0.25, 0.3) is 0 Å². The summed E-state index contributed by atoms with van der Waals surface area (Å²) in [5.74, 6) is -0.320. The van der Waals surface area contributed by atoms with Crippen molar-refractivity contribution in [1.82, 2.24) is 14.7 Å². The van der Waals surface area contributed by atoms with E-state index in [4.69, 9.17) is 0 Å². The average Bonchev–Trinajstić information content (AvgIpc) is 2.34. The normalized spacial score (nSPS) is 20.2. The van der Waals surface area contributed by atoms with Gasteiger partial charge in [-0.3, -0.25) is 14.5 Å². The van der Waals surface area contributed by atoms with E-state index in [2.05, 4.69) is 0 Å². The van der Waals surface area contributed by atoms with Crippen LogP contribution in [0.25, 0.3) is 0 Å². The van der Waals surface area contributed by atoms with Crippen LogP contribution in [-0.4, -0.2) is 78.0 Å². The summed E-state index contributed by atoms with van der Waals surface area (Å²) < 4.78 is 37.9. The molecule has 2 aliphatic rings. The Labute approximate surface area is 128 Å². The van der Waals surface area contributed by atoms with Crippen molar-refractivity contribution in [3.63, 3.8) is 0 Å². The Bertz CT molecular complexity index is 416. The number of hydrogen-bond donors (Lipinski definition) is 0. The maximum Gasteiger partial charge on any atom is 0.401 e. The minimum atomic E-state index is -4.29. The second kappa shape index (κ2) is 6.85. The second-order valence-electron chi connectivity index (χ2n) is 5.99. The van der Waals surface area contributed by atoms with Gasteiger partial charge in [-0.1, -0.05) is 6.42 Å². The molecule has 5 nitrogen and oxygen atoms in total. The lowest BCUT2D eigenvalue weighted by atomic mass is 9.91. The maximum absolute atomic E-state index is 12.6. The van der Waals surface area contributed by atoms with E-state index in [0.717, 1.165) is 19.3 Å². The molecule has 0 N–H and O–H groups in total. The van der Waals surface area contributed by atoms with Crippen LogP contribution in [0.4, 0.5) is 13.2 Å². The number of rotatable bonds is 4. The van der Waals surface area contributed by atoms with E-state index >= 15 is 0 Å². The Morgan fingerprint density at radius 1 is 1.09 bits per heavy atom. The van der Waals surface area contributed by atoms with Crippen molar-refractivity contribution >= 4 is 11.8 Å². The molecule has 0 bridgehead atoms. The molecule has 0 spiro atoms.